The first-order valence-corrected chi connectivity index (χ1v) is 17.6. The molecule has 0 bridgehead atoms. The zero-order valence-electron chi connectivity index (χ0n) is 29.6. The molecule has 2 aromatic rings. The molecule has 6 amide bonds. The van der Waals surface area contributed by atoms with E-state index in [1.54, 1.807) is 44.2 Å². The maximum Gasteiger partial charge on any atom is 0.329 e. The number of hydrogen-bond acceptors (Lipinski definition) is 9. The molecule has 2 saturated heterocycles. The molecule has 280 valence electrons. The SMILES string of the molecule is CC(C)[C@H](NC(=O)CNC(=O)[C@@H]1CCCN1C(=O)[C@@H](N)Cc1ccccc1)C(=O)O[C@@H](Cc1ccccc1)C(=O)N1CCC[C@H]1C(=O)NCC(N)=O. The van der Waals surface area contributed by atoms with Crippen molar-refractivity contribution in [1.29, 1.82) is 0 Å². The molecule has 0 spiro atoms. The summed E-state index contributed by atoms with van der Waals surface area (Å²) in [6.07, 6.45) is 0.910. The lowest BCUT2D eigenvalue weighted by molar-refractivity contribution is -0.164. The number of ether oxygens (including phenoxy) is 1. The van der Waals surface area contributed by atoms with E-state index in [1.807, 2.05) is 30.3 Å². The number of hydrogen-bond donors (Lipinski definition) is 5. The minimum Gasteiger partial charge on any atom is -0.450 e. The van der Waals surface area contributed by atoms with Crippen LogP contribution in [0.5, 0.6) is 0 Å². The van der Waals surface area contributed by atoms with E-state index in [0.717, 1.165) is 5.56 Å². The third-order valence-corrected chi connectivity index (χ3v) is 9.19. The van der Waals surface area contributed by atoms with Crippen LogP contribution in [0.4, 0.5) is 0 Å². The van der Waals surface area contributed by atoms with Gasteiger partial charge in [0.2, 0.25) is 29.5 Å². The Kier molecular flexibility index (Phi) is 14.3. The molecule has 7 N–H and O–H groups in total. The number of nitrogens with one attached hydrogen (secondary N) is 3. The quantitative estimate of drug-likeness (QED) is 0.142. The predicted molar refractivity (Wildman–Crippen MR) is 190 cm³/mol. The van der Waals surface area contributed by atoms with Crippen LogP contribution in [-0.4, -0.2) is 108 Å². The van der Waals surface area contributed by atoms with Crippen LogP contribution in [-0.2, 0) is 51.1 Å². The fourth-order valence-electron chi connectivity index (χ4n) is 6.48. The predicted octanol–water partition coefficient (Wildman–Crippen LogP) is -0.449. The highest BCUT2D eigenvalue weighted by Gasteiger charge is 2.40. The van der Waals surface area contributed by atoms with E-state index in [1.165, 1.54) is 9.80 Å². The summed E-state index contributed by atoms with van der Waals surface area (Å²) in [6.45, 7) is 3.15. The van der Waals surface area contributed by atoms with Crippen molar-refractivity contribution < 1.29 is 38.3 Å². The van der Waals surface area contributed by atoms with Crippen LogP contribution in [0, 0.1) is 5.92 Å². The van der Waals surface area contributed by atoms with Gasteiger partial charge in [-0.2, -0.15) is 0 Å². The summed E-state index contributed by atoms with van der Waals surface area (Å²) < 4.78 is 5.80. The molecule has 2 fully saturated rings. The zero-order valence-corrected chi connectivity index (χ0v) is 29.6. The summed E-state index contributed by atoms with van der Waals surface area (Å²) in [4.78, 5) is 93.7. The highest BCUT2D eigenvalue weighted by Crippen LogP contribution is 2.22. The summed E-state index contributed by atoms with van der Waals surface area (Å²) in [5.41, 5.74) is 13.0. The number of primary amides is 1. The molecule has 0 saturated carbocycles. The number of carbonyl (C=O) groups is 7. The molecule has 4 rings (SSSR count). The third kappa shape index (κ3) is 10.8. The Morgan fingerprint density at radius 2 is 1.25 bits per heavy atom. The first kappa shape index (κ1) is 39.5. The van der Waals surface area contributed by atoms with E-state index >= 15 is 0 Å². The van der Waals surface area contributed by atoms with E-state index in [4.69, 9.17) is 16.2 Å². The van der Waals surface area contributed by atoms with Gasteiger partial charge in [0, 0.05) is 19.5 Å². The van der Waals surface area contributed by atoms with Gasteiger partial charge in [-0.05, 0) is 49.1 Å². The van der Waals surface area contributed by atoms with Gasteiger partial charge < -0.3 is 42.0 Å². The second kappa shape index (κ2) is 18.8. The average molecular weight is 720 g/mol. The standard InChI is InChI=1S/C37H49N7O8/c1-23(2)32(42-31(46)22-41-34(48)27-15-9-17-43(27)35(49)26(38)19-24-11-5-3-6-12-24)37(51)52-29(20-25-13-7-4-8-14-25)36(50)44-18-10-16-28(44)33(47)40-21-30(39)45/h3-8,11-14,23,26-29,32H,9-10,15-22,38H2,1-2H3,(H2,39,45)(H,40,47)(H,41,48)(H,42,46)/t26-,27-,28-,29-,32-/m0/s1. The van der Waals surface area contributed by atoms with Crippen LogP contribution in [0.2, 0.25) is 0 Å². The Morgan fingerprint density at radius 1 is 0.750 bits per heavy atom. The number of nitrogens with two attached hydrogens (primary N) is 2. The van der Waals surface area contributed by atoms with Gasteiger partial charge in [-0.3, -0.25) is 28.8 Å². The smallest absolute Gasteiger partial charge is 0.329 e. The minimum atomic E-state index is -1.32. The molecule has 0 aliphatic carbocycles. The maximum atomic E-state index is 13.9. The number of carbonyl (C=O) groups excluding carboxylic acids is 7. The maximum absolute atomic E-state index is 13.9. The summed E-state index contributed by atoms with van der Waals surface area (Å²) in [7, 11) is 0. The van der Waals surface area contributed by atoms with Gasteiger partial charge in [-0.15, -0.1) is 0 Å². The molecule has 2 aliphatic rings. The van der Waals surface area contributed by atoms with E-state index < -0.39 is 78.2 Å². The Bertz CT molecular complexity index is 1590. The Morgan fingerprint density at radius 3 is 1.77 bits per heavy atom. The van der Waals surface area contributed by atoms with Gasteiger partial charge in [-0.25, -0.2) is 4.79 Å². The fraction of sp³-hybridized carbons (Fsp3) is 0.486. The van der Waals surface area contributed by atoms with Gasteiger partial charge in [0.05, 0.1) is 19.1 Å². The molecule has 15 heteroatoms. The normalized spacial score (nSPS) is 18.6. The van der Waals surface area contributed by atoms with Crippen molar-refractivity contribution in [2.24, 2.45) is 17.4 Å². The summed E-state index contributed by atoms with van der Waals surface area (Å²) >= 11 is 0. The van der Waals surface area contributed by atoms with Gasteiger partial charge >= 0.3 is 5.97 Å². The van der Waals surface area contributed by atoms with Crippen LogP contribution < -0.4 is 27.4 Å². The molecule has 5 atom stereocenters. The molecule has 0 aromatic heterocycles. The fourth-order valence-corrected chi connectivity index (χ4v) is 6.48. The van der Waals surface area contributed by atoms with Gasteiger partial charge in [0.1, 0.15) is 18.1 Å². The zero-order chi connectivity index (χ0) is 37.8. The van der Waals surface area contributed by atoms with Gasteiger partial charge in [0.15, 0.2) is 6.10 Å². The number of likely N-dealkylation sites (tertiary alicyclic amines) is 2. The molecule has 0 unspecified atom stereocenters. The molecular weight excluding hydrogens is 670 g/mol. The van der Waals surface area contributed by atoms with Crippen molar-refractivity contribution in [3.05, 3.63) is 71.8 Å². The van der Waals surface area contributed by atoms with Crippen molar-refractivity contribution in [1.82, 2.24) is 25.8 Å². The van der Waals surface area contributed by atoms with Crippen LogP contribution >= 0.6 is 0 Å². The van der Waals surface area contributed by atoms with E-state index in [9.17, 15) is 33.6 Å². The number of amides is 6. The van der Waals surface area contributed by atoms with Crippen molar-refractivity contribution in [2.75, 3.05) is 26.2 Å². The monoisotopic (exact) mass is 719 g/mol. The Labute approximate surface area is 303 Å². The second-order valence-corrected chi connectivity index (χ2v) is 13.5. The van der Waals surface area contributed by atoms with Crippen molar-refractivity contribution >= 4 is 41.4 Å². The van der Waals surface area contributed by atoms with Crippen LogP contribution in [0.15, 0.2) is 60.7 Å². The number of nitrogens with zero attached hydrogens (tertiary/aromatic N) is 2. The first-order chi connectivity index (χ1) is 24.8. The van der Waals surface area contributed by atoms with Gasteiger partial charge in [0.25, 0.3) is 5.91 Å². The number of rotatable bonds is 16. The lowest BCUT2D eigenvalue weighted by Crippen LogP contribution is -2.54. The molecule has 2 heterocycles. The van der Waals surface area contributed by atoms with Crippen molar-refractivity contribution in [3.8, 4) is 0 Å². The molecule has 0 radical (unpaired) electrons. The lowest BCUT2D eigenvalue weighted by Gasteiger charge is -2.30. The topological polar surface area (TPSA) is 223 Å². The highest BCUT2D eigenvalue weighted by molar-refractivity contribution is 5.95. The minimum absolute atomic E-state index is 0.0119. The van der Waals surface area contributed by atoms with Crippen LogP contribution in [0.1, 0.15) is 50.7 Å². The van der Waals surface area contributed by atoms with Crippen molar-refractivity contribution in [3.63, 3.8) is 0 Å². The number of esters is 1. The molecule has 2 aromatic carbocycles. The third-order valence-electron chi connectivity index (χ3n) is 9.19. The highest BCUT2D eigenvalue weighted by atomic mass is 16.5. The summed E-state index contributed by atoms with van der Waals surface area (Å²) in [5.74, 6) is -4.71. The number of benzene rings is 2. The second-order valence-electron chi connectivity index (χ2n) is 13.5. The van der Waals surface area contributed by atoms with Crippen LogP contribution in [0.25, 0.3) is 0 Å². The van der Waals surface area contributed by atoms with E-state index in [-0.39, 0.29) is 25.4 Å². The van der Waals surface area contributed by atoms with Crippen LogP contribution in [0.3, 0.4) is 0 Å². The average Bonchev–Trinajstić information content (AvgIpc) is 3.83. The summed E-state index contributed by atoms with van der Waals surface area (Å²) in [5, 5.41) is 7.62. The van der Waals surface area contributed by atoms with E-state index in [0.29, 0.717) is 44.2 Å². The lowest BCUT2D eigenvalue weighted by atomic mass is 10.0. The summed E-state index contributed by atoms with van der Waals surface area (Å²) in [6, 6.07) is 14.6. The molecule has 52 heavy (non-hydrogen) atoms. The largest absolute Gasteiger partial charge is 0.450 e. The Hall–Kier alpha value is -5.31. The Balaban J connectivity index is 1.37. The first-order valence-electron chi connectivity index (χ1n) is 17.6. The molecular formula is C37H49N7O8. The van der Waals surface area contributed by atoms with E-state index in [2.05, 4.69) is 16.0 Å². The van der Waals surface area contributed by atoms with Crippen molar-refractivity contribution in [2.45, 2.75) is 82.6 Å². The van der Waals surface area contributed by atoms with Gasteiger partial charge in [-0.1, -0.05) is 74.5 Å². The molecule has 15 nitrogen and oxygen atoms in total. The molecule has 2 aliphatic heterocycles.